The van der Waals surface area contributed by atoms with Gasteiger partial charge in [-0.1, -0.05) is 0 Å². The number of carbonyl (C=O) groups is 1. The lowest BCUT2D eigenvalue weighted by atomic mass is 9.94. The van der Waals surface area contributed by atoms with Crippen LogP contribution in [0.5, 0.6) is 0 Å². The van der Waals surface area contributed by atoms with Crippen LogP contribution in [0.4, 0.5) is 5.13 Å². The molecule has 0 aromatic carbocycles. The smallest absolute Gasteiger partial charge is 0.226 e. The largest absolute Gasteiger partial charge is 0.317 e. The molecule has 0 bridgehead atoms. The van der Waals surface area contributed by atoms with Crippen LogP contribution in [0.3, 0.4) is 0 Å². The number of nitrogens with one attached hydrogen (secondary N) is 2. The third-order valence-corrected chi connectivity index (χ3v) is 3.63. The maximum Gasteiger partial charge on any atom is 0.226 e. The van der Waals surface area contributed by atoms with Crippen LogP contribution < -0.4 is 10.6 Å². The summed E-state index contributed by atoms with van der Waals surface area (Å²) < 4.78 is 0. The quantitative estimate of drug-likeness (QED) is 0.889. The van der Waals surface area contributed by atoms with Crippen molar-refractivity contribution < 1.29 is 4.79 Å². The van der Waals surface area contributed by atoms with Gasteiger partial charge in [-0.15, -0.1) is 23.7 Å². The van der Waals surface area contributed by atoms with Crippen LogP contribution in [0.15, 0.2) is 6.20 Å². The van der Waals surface area contributed by atoms with E-state index < -0.39 is 0 Å². The van der Waals surface area contributed by atoms with Gasteiger partial charge in [0.15, 0.2) is 5.13 Å². The van der Waals surface area contributed by atoms with Crippen molar-refractivity contribution in [2.75, 3.05) is 18.4 Å². The van der Waals surface area contributed by atoms with Crippen LogP contribution in [0, 0.1) is 12.8 Å². The standard InChI is InChI=1S/C11H17N3OS.ClH/c1-8-7-13-11(16-8)14-10(15)6-9-2-4-12-5-3-9;/h7,9,12H,2-6H2,1H3,(H,13,14,15);1H. The van der Waals surface area contributed by atoms with Gasteiger partial charge >= 0.3 is 0 Å². The molecule has 1 aromatic heterocycles. The number of thiazole rings is 1. The molecule has 1 fully saturated rings. The fourth-order valence-electron chi connectivity index (χ4n) is 1.93. The normalized spacial score (nSPS) is 16.3. The highest BCUT2D eigenvalue weighted by Gasteiger charge is 2.17. The number of rotatable bonds is 3. The highest BCUT2D eigenvalue weighted by Crippen LogP contribution is 2.19. The molecule has 96 valence electrons. The lowest BCUT2D eigenvalue weighted by Crippen LogP contribution is -2.30. The maximum atomic E-state index is 11.7. The van der Waals surface area contributed by atoms with E-state index in [0.29, 0.717) is 12.3 Å². The molecule has 2 rings (SSSR count). The van der Waals surface area contributed by atoms with Crippen molar-refractivity contribution >= 4 is 34.8 Å². The number of aryl methyl sites for hydroxylation is 1. The van der Waals surface area contributed by atoms with Gasteiger partial charge in [-0.2, -0.15) is 0 Å². The van der Waals surface area contributed by atoms with E-state index >= 15 is 0 Å². The molecule has 2 heterocycles. The molecule has 1 aromatic rings. The molecule has 6 heteroatoms. The molecular formula is C11H18ClN3OS. The van der Waals surface area contributed by atoms with Crippen molar-refractivity contribution in [3.8, 4) is 0 Å². The van der Waals surface area contributed by atoms with E-state index in [0.717, 1.165) is 35.9 Å². The zero-order valence-electron chi connectivity index (χ0n) is 9.86. The van der Waals surface area contributed by atoms with Gasteiger partial charge in [0, 0.05) is 17.5 Å². The van der Waals surface area contributed by atoms with Gasteiger partial charge in [0.1, 0.15) is 0 Å². The minimum atomic E-state index is 0. The highest BCUT2D eigenvalue weighted by atomic mass is 35.5. The SMILES string of the molecule is Cc1cnc(NC(=O)CC2CCNCC2)s1.Cl. The second kappa shape index (κ2) is 6.93. The number of hydrogen-bond donors (Lipinski definition) is 2. The van der Waals surface area contributed by atoms with E-state index in [4.69, 9.17) is 0 Å². The summed E-state index contributed by atoms with van der Waals surface area (Å²) in [6, 6.07) is 0. The topological polar surface area (TPSA) is 54.0 Å². The van der Waals surface area contributed by atoms with Crippen LogP contribution in [-0.4, -0.2) is 24.0 Å². The Hall–Kier alpha value is -0.650. The van der Waals surface area contributed by atoms with Crippen LogP contribution in [0.25, 0.3) is 0 Å². The van der Waals surface area contributed by atoms with Gasteiger partial charge in [-0.05, 0) is 38.8 Å². The van der Waals surface area contributed by atoms with Crippen LogP contribution >= 0.6 is 23.7 Å². The number of anilines is 1. The molecule has 4 nitrogen and oxygen atoms in total. The zero-order chi connectivity index (χ0) is 11.4. The number of hydrogen-bond acceptors (Lipinski definition) is 4. The van der Waals surface area contributed by atoms with Crippen molar-refractivity contribution in [1.29, 1.82) is 0 Å². The molecule has 1 aliphatic rings. The third-order valence-electron chi connectivity index (χ3n) is 2.80. The molecule has 0 radical (unpaired) electrons. The predicted molar refractivity (Wildman–Crippen MR) is 72.9 cm³/mol. The average Bonchev–Trinajstić information content (AvgIpc) is 2.65. The molecule has 1 amide bonds. The van der Waals surface area contributed by atoms with Gasteiger partial charge in [0.25, 0.3) is 0 Å². The van der Waals surface area contributed by atoms with Crippen LogP contribution in [0.1, 0.15) is 24.1 Å². The molecule has 0 spiro atoms. The molecule has 17 heavy (non-hydrogen) atoms. The van der Waals surface area contributed by atoms with Crippen molar-refractivity contribution in [3.63, 3.8) is 0 Å². The monoisotopic (exact) mass is 275 g/mol. The number of piperidine rings is 1. The summed E-state index contributed by atoms with van der Waals surface area (Å²) in [5.74, 6) is 0.628. The first-order valence-electron chi connectivity index (χ1n) is 5.67. The number of amides is 1. The first-order valence-corrected chi connectivity index (χ1v) is 6.48. The van der Waals surface area contributed by atoms with Crippen LogP contribution in [0.2, 0.25) is 0 Å². The Morgan fingerprint density at radius 2 is 2.29 bits per heavy atom. The summed E-state index contributed by atoms with van der Waals surface area (Å²) in [5.41, 5.74) is 0. The lowest BCUT2D eigenvalue weighted by molar-refractivity contribution is -0.117. The van der Waals surface area contributed by atoms with E-state index in [1.807, 2.05) is 6.92 Å². The van der Waals surface area contributed by atoms with E-state index in [1.165, 1.54) is 11.3 Å². The molecule has 0 aliphatic carbocycles. The second-order valence-electron chi connectivity index (χ2n) is 4.22. The Balaban J connectivity index is 0.00000144. The van der Waals surface area contributed by atoms with Gasteiger partial charge in [0.05, 0.1) is 0 Å². The Morgan fingerprint density at radius 1 is 1.59 bits per heavy atom. The summed E-state index contributed by atoms with van der Waals surface area (Å²) in [4.78, 5) is 17.0. The Labute approximate surface area is 112 Å². The number of nitrogens with zero attached hydrogens (tertiary/aromatic N) is 1. The zero-order valence-corrected chi connectivity index (χ0v) is 11.5. The van der Waals surface area contributed by atoms with E-state index in [-0.39, 0.29) is 18.3 Å². The number of carbonyl (C=O) groups excluding carboxylic acids is 1. The molecule has 0 saturated carbocycles. The summed E-state index contributed by atoms with van der Waals surface area (Å²) in [5, 5.41) is 6.88. The van der Waals surface area contributed by atoms with Gasteiger partial charge in [-0.3, -0.25) is 4.79 Å². The Kier molecular flexibility index (Phi) is 5.88. The average molecular weight is 276 g/mol. The summed E-state index contributed by atoms with van der Waals surface area (Å²) in [6.45, 7) is 4.06. The second-order valence-corrected chi connectivity index (χ2v) is 5.46. The van der Waals surface area contributed by atoms with Crippen molar-refractivity contribution in [2.24, 2.45) is 5.92 Å². The summed E-state index contributed by atoms with van der Waals surface area (Å²) in [6.07, 6.45) is 4.61. The fourth-order valence-corrected chi connectivity index (χ4v) is 2.61. The maximum absolute atomic E-state index is 11.7. The summed E-state index contributed by atoms with van der Waals surface area (Å²) >= 11 is 1.52. The van der Waals surface area contributed by atoms with Crippen molar-refractivity contribution in [2.45, 2.75) is 26.2 Å². The molecular weight excluding hydrogens is 258 g/mol. The van der Waals surface area contributed by atoms with Gasteiger partial charge in [-0.25, -0.2) is 4.98 Å². The van der Waals surface area contributed by atoms with Gasteiger partial charge in [0.2, 0.25) is 5.91 Å². The third kappa shape index (κ3) is 4.61. The highest BCUT2D eigenvalue weighted by molar-refractivity contribution is 7.15. The van der Waals surface area contributed by atoms with Crippen LogP contribution in [-0.2, 0) is 4.79 Å². The first-order chi connectivity index (χ1) is 7.74. The molecule has 0 unspecified atom stereocenters. The molecule has 1 saturated heterocycles. The lowest BCUT2D eigenvalue weighted by Gasteiger charge is -2.21. The fraction of sp³-hybridized carbons (Fsp3) is 0.636. The van der Waals surface area contributed by atoms with Crippen molar-refractivity contribution in [1.82, 2.24) is 10.3 Å². The van der Waals surface area contributed by atoms with E-state index in [9.17, 15) is 4.79 Å². The molecule has 0 atom stereocenters. The van der Waals surface area contributed by atoms with E-state index in [2.05, 4.69) is 15.6 Å². The Morgan fingerprint density at radius 3 is 2.88 bits per heavy atom. The van der Waals surface area contributed by atoms with E-state index in [1.54, 1.807) is 6.20 Å². The van der Waals surface area contributed by atoms with Crippen molar-refractivity contribution in [3.05, 3.63) is 11.1 Å². The first kappa shape index (κ1) is 14.4. The minimum Gasteiger partial charge on any atom is -0.317 e. The van der Waals surface area contributed by atoms with Gasteiger partial charge < -0.3 is 10.6 Å². The number of halogens is 1. The Bertz CT molecular complexity index is 363. The minimum absolute atomic E-state index is 0. The predicted octanol–water partition coefficient (Wildman–Crippen LogP) is 2.20. The molecule has 2 N–H and O–H groups in total. The summed E-state index contributed by atoms with van der Waals surface area (Å²) in [7, 11) is 0. The number of aromatic nitrogens is 1. The molecule has 1 aliphatic heterocycles.